The van der Waals surface area contributed by atoms with E-state index < -0.39 is 10.0 Å². The van der Waals surface area contributed by atoms with Crippen LogP contribution in [0.4, 0.5) is 5.69 Å². The Labute approximate surface area is 193 Å². The zero-order valence-electron chi connectivity index (χ0n) is 18.7. The molecule has 2 heterocycles. The van der Waals surface area contributed by atoms with Crippen LogP contribution in [0.25, 0.3) is 0 Å². The number of hydrogen-bond acceptors (Lipinski definition) is 7. The van der Waals surface area contributed by atoms with Crippen LogP contribution in [0.3, 0.4) is 0 Å². The van der Waals surface area contributed by atoms with E-state index in [1.165, 1.54) is 4.31 Å². The van der Waals surface area contributed by atoms with Crippen molar-refractivity contribution in [3.05, 3.63) is 42.0 Å². The summed E-state index contributed by atoms with van der Waals surface area (Å²) in [7, 11) is -3.54. The Bertz CT molecular complexity index is 1120. The third-order valence-electron chi connectivity index (χ3n) is 5.42. The lowest BCUT2D eigenvalue weighted by molar-refractivity contribution is -0.121. The number of anilines is 1. The Balaban J connectivity index is 1.34. The van der Waals surface area contributed by atoms with E-state index in [0.717, 1.165) is 11.8 Å². The Morgan fingerprint density at radius 3 is 2.15 bits per heavy atom. The van der Waals surface area contributed by atoms with E-state index in [-0.39, 0.29) is 24.9 Å². The van der Waals surface area contributed by atoms with Crippen LogP contribution >= 0.6 is 0 Å². The molecule has 1 amide bonds. The van der Waals surface area contributed by atoms with Crippen molar-refractivity contribution in [2.45, 2.75) is 25.8 Å². The molecule has 0 unspecified atom stereocenters. The molecule has 2 aromatic carbocycles. The van der Waals surface area contributed by atoms with E-state index in [1.54, 1.807) is 18.2 Å². The highest BCUT2D eigenvalue weighted by molar-refractivity contribution is 7.92. The molecule has 4 rings (SSSR count). The Kier molecular flexibility index (Phi) is 6.83. The van der Waals surface area contributed by atoms with Crippen LogP contribution in [0, 0.1) is 0 Å². The average molecular weight is 477 g/mol. The van der Waals surface area contributed by atoms with E-state index in [2.05, 4.69) is 5.32 Å². The summed E-state index contributed by atoms with van der Waals surface area (Å²) in [6.07, 6.45) is 1.69. The fourth-order valence-electron chi connectivity index (χ4n) is 3.78. The number of benzene rings is 2. The number of rotatable bonds is 8. The predicted octanol–water partition coefficient (Wildman–Crippen LogP) is 2.65. The van der Waals surface area contributed by atoms with Crippen LogP contribution in [0.1, 0.15) is 31.4 Å². The third-order valence-corrected chi connectivity index (χ3v) is 6.62. The van der Waals surface area contributed by atoms with Crippen LogP contribution in [0.15, 0.2) is 36.4 Å². The van der Waals surface area contributed by atoms with Crippen molar-refractivity contribution in [1.29, 1.82) is 0 Å². The molecule has 0 fully saturated rings. The summed E-state index contributed by atoms with van der Waals surface area (Å²) in [5, 5.41) is 2.96. The fraction of sp³-hybridized carbons (Fsp3) is 0.435. The minimum Gasteiger partial charge on any atom is -0.486 e. The van der Waals surface area contributed by atoms with E-state index in [9.17, 15) is 13.2 Å². The molecule has 9 nitrogen and oxygen atoms in total. The lowest BCUT2D eigenvalue weighted by atomic mass is 10.1. The number of amides is 1. The fourth-order valence-corrected chi connectivity index (χ4v) is 4.74. The second kappa shape index (κ2) is 9.78. The number of ether oxygens (including phenoxy) is 4. The SMILES string of the molecule is C[C@@H](NC(=O)CCCN(c1ccc2c(c1)OCCO2)S(C)(=O)=O)c1ccc2c(c1)OCCO2. The van der Waals surface area contributed by atoms with E-state index >= 15 is 0 Å². The van der Waals surface area contributed by atoms with Gasteiger partial charge in [0.05, 0.1) is 18.0 Å². The maximum Gasteiger partial charge on any atom is 0.232 e. The van der Waals surface area contributed by atoms with E-state index in [4.69, 9.17) is 18.9 Å². The summed E-state index contributed by atoms with van der Waals surface area (Å²) >= 11 is 0. The molecular formula is C23H28N2O7S. The van der Waals surface area contributed by atoms with Crippen molar-refractivity contribution in [2.75, 3.05) is 43.5 Å². The van der Waals surface area contributed by atoms with Crippen molar-refractivity contribution in [3.8, 4) is 23.0 Å². The first-order valence-electron chi connectivity index (χ1n) is 10.9. The minimum atomic E-state index is -3.54. The monoisotopic (exact) mass is 476 g/mol. The summed E-state index contributed by atoms with van der Waals surface area (Å²) in [6, 6.07) is 10.4. The molecule has 0 bridgehead atoms. The predicted molar refractivity (Wildman–Crippen MR) is 123 cm³/mol. The minimum absolute atomic E-state index is 0.159. The summed E-state index contributed by atoms with van der Waals surface area (Å²) in [6.45, 7) is 3.96. The van der Waals surface area contributed by atoms with Crippen LogP contribution < -0.4 is 28.6 Å². The van der Waals surface area contributed by atoms with Gasteiger partial charge in [0.2, 0.25) is 15.9 Å². The molecule has 0 aliphatic carbocycles. The zero-order chi connectivity index (χ0) is 23.4. The highest BCUT2D eigenvalue weighted by atomic mass is 32.2. The number of nitrogens with zero attached hydrogens (tertiary/aromatic N) is 1. The number of fused-ring (bicyclic) bond motifs is 2. The van der Waals surface area contributed by atoms with Crippen LogP contribution in [0.5, 0.6) is 23.0 Å². The first kappa shape index (κ1) is 23.0. The lowest BCUT2D eigenvalue weighted by Crippen LogP contribution is -2.32. The second-order valence-electron chi connectivity index (χ2n) is 7.96. The van der Waals surface area contributed by atoms with Gasteiger partial charge in [0.1, 0.15) is 26.4 Å². The quantitative estimate of drug-likeness (QED) is 0.625. The van der Waals surface area contributed by atoms with Crippen molar-refractivity contribution in [2.24, 2.45) is 0 Å². The molecule has 0 aromatic heterocycles. The van der Waals surface area contributed by atoms with Crippen molar-refractivity contribution in [3.63, 3.8) is 0 Å². The number of carbonyl (C=O) groups excluding carboxylic acids is 1. The van der Waals surface area contributed by atoms with Gasteiger partial charge in [-0.15, -0.1) is 0 Å². The van der Waals surface area contributed by atoms with Gasteiger partial charge in [0.15, 0.2) is 23.0 Å². The number of nitrogens with one attached hydrogen (secondary N) is 1. The van der Waals surface area contributed by atoms with Gasteiger partial charge < -0.3 is 24.3 Å². The Hall–Kier alpha value is -3.14. The van der Waals surface area contributed by atoms with Gasteiger partial charge in [0.25, 0.3) is 0 Å². The molecule has 10 heteroatoms. The lowest BCUT2D eigenvalue weighted by Gasteiger charge is -2.25. The van der Waals surface area contributed by atoms with E-state index in [1.807, 2.05) is 25.1 Å². The molecule has 1 atom stereocenters. The highest BCUT2D eigenvalue weighted by Crippen LogP contribution is 2.35. The molecule has 2 aliphatic heterocycles. The maximum atomic E-state index is 12.5. The summed E-state index contributed by atoms with van der Waals surface area (Å²) in [5.74, 6) is 2.31. The molecule has 2 aliphatic rings. The van der Waals surface area contributed by atoms with Gasteiger partial charge in [-0.05, 0) is 43.2 Å². The van der Waals surface area contributed by atoms with Gasteiger partial charge in [-0.3, -0.25) is 9.10 Å². The molecule has 33 heavy (non-hydrogen) atoms. The molecule has 2 aromatic rings. The molecule has 178 valence electrons. The summed E-state index contributed by atoms with van der Waals surface area (Å²) < 4.78 is 48.2. The van der Waals surface area contributed by atoms with Crippen molar-refractivity contribution < 1.29 is 32.2 Å². The Morgan fingerprint density at radius 1 is 0.939 bits per heavy atom. The van der Waals surface area contributed by atoms with Gasteiger partial charge in [-0.25, -0.2) is 8.42 Å². The van der Waals surface area contributed by atoms with Crippen LogP contribution in [0.2, 0.25) is 0 Å². The van der Waals surface area contributed by atoms with Gasteiger partial charge in [-0.2, -0.15) is 0 Å². The van der Waals surface area contributed by atoms with Gasteiger partial charge >= 0.3 is 0 Å². The van der Waals surface area contributed by atoms with Crippen molar-refractivity contribution >= 4 is 21.6 Å². The van der Waals surface area contributed by atoms with Crippen LogP contribution in [-0.2, 0) is 14.8 Å². The summed E-state index contributed by atoms with van der Waals surface area (Å²) in [5.41, 5.74) is 1.38. The first-order valence-corrected chi connectivity index (χ1v) is 12.7. The molecule has 0 saturated carbocycles. The largest absolute Gasteiger partial charge is 0.486 e. The maximum absolute atomic E-state index is 12.5. The molecule has 0 radical (unpaired) electrons. The number of sulfonamides is 1. The second-order valence-corrected chi connectivity index (χ2v) is 9.87. The average Bonchev–Trinajstić information content (AvgIpc) is 2.80. The Morgan fingerprint density at radius 2 is 1.52 bits per heavy atom. The van der Waals surface area contributed by atoms with Gasteiger partial charge in [-0.1, -0.05) is 6.07 Å². The third kappa shape index (κ3) is 5.62. The molecular weight excluding hydrogens is 448 g/mol. The summed E-state index contributed by atoms with van der Waals surface area (Å²) in [4.78, 5) is 12.5. The zero-order valence-corrected chi connectivity index (χ0v) is 19.5. The smallest absolute Gasteiger partial charge is 0.232 e. The van der Waals surface area contributed by atoms with Crippen molar-refractivity contribution in [1.82, 2.24) is 5.32 Å². The van der Waals surface area contributed by atoms with E-state index in [0.29, 0.717) is 61.5 Å². The standard InChI is InChI=1S/C23H28N2O7S/c1-16(17-5-7-19-21(14-17)31-12-10-29-19)24-23(26)4-3-9-25(33(2,27)28)18-6-8-20-22(15-18)32-13-11-30-20/h5-8,14-16H,3-4,9-13H2,1-2H3,(H,24,26)/t16-/m1/s1. The van der Waals surface area contributed by atoms with Gasteiger partial charge in [0, 0.05) is 19.0 Å². The normalized spacial score (nSPS) is 15.5. The van der Waals surface area contributed by atoms with Crippen LogP contribution in [-0.4, -0.2) is 53.6 Å². The number of carbonyl (C=O) groups is 1. The molecule has 1 N–H and O–H groups in total. The highest BCUT2D eigenvalue weighted by Gasteiger charge is 2.21. The molecule has 0 saturated heterocycles. The number of hydrogen-bond donors (Lipinski definition) is 1. The molecule has 0 spiro atoms. The topological polar surface area (TPSA) is 103 Å². The first-order chi connectivity index (χ1) is 15.8.